The number of halogens is 1. The molecule has 1 aliphatic rings. The van der Waals surface area contributed by atoms with E-state index in [9.17, 15) is 0 Å². The molecule has 0 amide bonds. The molecular weight excluding hydrogens is 352 g/mol. The molecule has 2 aromatic carbocycles. The van der Waals surface area contributed by atoms with Crippen LogP contribution < -0.4 is 4.90 Å². The molecule has 0 saturated heterocycles. The summed E-state index contributed by atoms with van der Waals surface area (Å²) < 4.78 is 0. The van der Waals surface area contributed by atoms with Crippen LogP contribution in [-0.4, -0.2) is 18.3 Å². The summed E-state index contributed by atoms with van der Waals surface area (Å²) in [5, 5.41) is 0.753. The van der Waals surface area contributed by atoms with E-state index in [2.05, 4.69) is 57.7 Å². The third-order valence-corrected chi connectivity index (χ3v) is 5.80. The van der Waals surface area contributed by atoms with Crippen LogP contribution >= 0.6 is 11.6 Å². The fourth-order valence-electron chi connectivity index (χ4n) is 3.89. The number of benzene rings is 2. The highest BCUT2D eigenvalue weighted by atomic mass is 35.5. The molecule has 0 radical (unpaired) electrons. The molecule has 3 heteroatoms. The third kappa shape index (κ3) is 3.82. The van der Waals surface area contributed by atoms with Crippen LogP contribution in [0, 0.1) is 13.8 Å². The predicted octanol–water partition coefficient (Wildman–Crippen LogP) is 7.12. The van der Waals surface area contributed by atoms with Crippen LogP contribution in [0.25, 0.3) is 5.57 Å². The van der Waals surface area contributed by atoms with Crippen LogP contribution in [0.15, 0.2) is 41.4 Å². The number of aliphatic imine (C=N–C) groups is 1. The maximum atomic E-state index is 6.23. The lowest BCUT2D eigenvalue weighted by atomic mass is 9.87. The molecule has 0 saturated carbocycles. The lowest BCUT2D eigenvalue weighted by Crippen LogP contribution is -2.45. The Labute approximate surface area is 168 Å². The van der Waals surface area contributed by atoms with Crippen LogP contribution in [-0.2, 0) is 0 Å². The highest BCUT2D eigenvalue weighted by molar-refractivity contribution is 6.31. The first-order chi connectivity index (χ1) is 12.7. The van der Waals surface area contributed by atoms with Gasteiger partial charge in [-0.3, -0.25) is 4.99 Å². The van der Waals surface area contributed by atoms with E-state index in [-0.39, 0.29) is 5.54 Å². The van der Waals surface area contributed by atoms with Crippen molar-refractivity contribution in [3.63, 3.8) is 0 Å². The average Bonchev–Trinajstić information content (AvgIpc) is 2.60. The Kier molecular flexibility index (Phi) is 5.48. The number of hydrogen-bond acceptors (Lipinski definition) is 2. The maximum absolute atomic E-state index is 6.23. The van der Waals surface area contributed by atoms with Crippen molar-refractivity contribution in [2.75, 3.05) is 11.4 Å². The molecule has 0 aliphatic carbocycles. The average molecular weight is 381 g/mol. The summed E-state index contributed by atoms with van der Waals surface area (Å²) in [5.74, 6) is 0. The maximum Gasteiger partial charge on any atom is 0.0673 e. The Bertz CT molecular complexity index is 922. The normalized spacial score (nSPS) is 15.8. The molecule has 1 heterocycles. The molecule has 0 fully saturated rings. The first-order valence-electron chi connectivity index (χ1n) is 9.66. The van der Waals surface area contributed by atoms with E-state index in [1.807, 2.05) is 31.3 Å². The van der Waals surface area contributed by atoms with E-state index >= 15 is 0 Å². The largest absolute Gasteiger partial charge is 0.362 e. The van der Waals surface area contributed by atoms with Crippen molar-refractivity contribution in [1.82, 2.24) is 0 Å². The van der Waals surface area contributed by atoms with Gasteiger partial charge in [-0.1, -0.05) is 30.7 Å². The number of hydrogen-bond donors (Lipinski definition) is 0. The minimum absolute atomic E-state index is 0.0348. The van der Waals surface area contributed by atoms with Gasteiger partial charge in [0, 0.05) is 29.0 Å². The fraction of sp³-hybridized carbons (Fsp3) is 0.375. The number of allylic oxidation sites excluding steroid dienone is 1. The van der Waals surface area contributed by atoms with Crippen molar-refractivity contribution in [3.8, 4) is 0 Å². The zero-order valence-corrected chi connectivity index (χ0v) is 18.0. The summed E-state index contributed by atoms with van der Waals surface area (Å²) in [6.07, 6.45) is 5.47. The van der Waals surface area contributed by atoms with Crippen molar-refractivity contribution in [2.45, 2.75) is 53.5 Å². The van der Waals surface area contributed by atoms with Crippen LogP contribution in [0.3, 0.4) is 0 Å². The van der Waals surface area contributed by atoms with E-state index < -0.39 is 0 Å². The number of anilines is 1. The molecule has 0 N–H and O–H groups in total. The van der Waals surface area contributed by atoms with Crippen LogP contribution in [0.1, 0.15) is 56.4 Å². The third-order valence-electron chi connectivity index (χ3n) is 5.39. The van der Waals surface area contributed by atoms with Gasteiger partial charge in [-0.05, 0) is 87.6 Å². The first kappa shape index (κ1) is 19.7. The summed E-state index contributed by atoms with van der Waals surface area (Å²) in [7, 11) is 0. The van der Waals surface area contributed by atoms with Gasteiger partial charge in [-0.15, -0.1) is 0 Å². The summed E-state index contributed by atoms with van der Waals surface area (Å²) in [6.45, 7) is 14.3. The molecule has 142 valence electrons. The Morgan fingerprint density at radius 2 is 1.89 bits per heavy atom. The minimum atomic E-state index is 0.0348. The number of nitrogens with zero attached hydrogens (tertiary/aromatic N) is 2. The van der Waals surface area contributed by atoms with Crippen molar-refractivity contribution in [2.24, 2.45) is 4.99 Å². The van der Waals surface area contributed by atoms with Crippen molar-refractivity contribution >= 4 is 34.8 Å². The van der Waals surface area contributed by atoms with E-state index in [1.54, 1.807) is 0 Å². The van der Waals surface area contributed by atoms with Gasteiger partial charge in [-0.25, -0.2) is 0 Å². The predicted molar refractivity (Wildman–Crippen MR) is 120 cm³/mol. The minimum Gasteiger partial charge on any atom is -0.362 e. The van der Waals surface area contributed by atoms with E-state index in [4.69, 9.17) is 16.6 Å². The highest BCUT2D eigenvalue weighted by Gasteiger charge is 2.31. The van der Waals surface area contributed by atoms with Crippen molar-refractivity contribution < 1.29 is 0 Å². The zero-order valence-electron chi connectivity index (χ0n) is 17.2. The van der Waals surface area contributed by atoms with Gasteiger partial charge >= 0.3 is 0 Å². The first-order valence-corrected chi connectivity index (χ1v) is 10.0. The van der Waals surface area contributed by atoms with Gasteiger partial charge in [0.2, 0.25) is 0 Å². The van der Waals surface area contributed by atoms with Crippen molar-refractivity contribution in [1.29, 1.82) is 0 Å². The smallest absolute Gasteiger partial charge is 0.0673 e. The molecule has 2 aromatic rings. The second kappa shape index (κ2) is 7.52. The number of aryl methyl sites for hydroxylation is 1. The Hall–Kier alpha value is -2.06. The van der Waals surface area contributed by atoms with Gasteiger partial charge in [0.25, 0.3) is 0 Å². The van der Waals surface area contributed by atoms with Gasteiger partial charge in [0.05, 0.1) is 11.2 Å². The quantitative estimate of drug-likeness (QED) is 0.515. The van der Waals surface area contributed by atoms with Crippen LogP contribution in [0.5, 0.6) is 0 Å². The zero-order chi connectivity index (χ0) is 19.8. The van der Waals surface area contributed by atoms with Crippen molar-refractivity contribution in [3.05, 3.63) is 63.7 Å². The van der Waals surface area contributed by atoms with Gasteiger partial charge in [-0.2, -0.15) is 0 Å². The lowest BCUT2D eigenvalue weighted by Gasteiger charge is -2.43. The fourth-order valence-corrected chi connectivity index (χ4v) is 4.06. The Morgan fingerprint density at radius 3 is 2.59 bits per heavy atom. The molecule has 0 bridgehead atoms. The molecule has 0 unspecified atom stereocenters. The highest BCUT2D eigenvalue weighted by Crippen LogP contribution is 2.40. The summed E-state index contributed by atoms with van der Waals surface area (Å²) in [4.78, 5) is 7.23. The lowest BCUT2D eigenvalue weighted by molar-refractivity contribution is 0.550. The monoisotopic (exact) mass is 380 g/mol. The van der Waals surface area contributed by atoms with Gasteiger partial charge in [0.1, 0.15) is 0 Å². The van der Waals surface area contributed by atoms with E-state index in [0.29, 0.717) is 0 Å². The van der Waals surface area contributed by atoms with Crippen LogP contribution in [0.4, 0.5) is 11.4 Å². The summed E-state index contributed by atoms with van der Waals surface area (Å²) in [6, 6.07) is 10.4. The molecule has 0 aromatic heterocycles. The Balaban J connectivity index is 2.05. The van der Waals surface area contributed by atoms with Crippen LogP contribution in [0.2, 0.25) is 5.02 Å². The molecule has 0 atom stereocenters. The molecule has 3 rings (SSSR count). The van der Waals surface area contributed by atoms with Gasteiger partial charge < -0.3 is 4.90 Å². The topological polar surface area (TPSA) is 15.6 Å². The molecule has 1 aliphatic heterocycles. The second-order valence-electron chi connectivity index (χ2n) is 8.00. The molecule has 2 nitrogen and oxygen atoms in total. The molecule has 27 heavy (non-hydrogen) atoms. The van der Waals surface area contributed by atoms with E-state index in [0.717, 1.165) is 34.8 Å². The Morgan fingerprint density at radius 1 is 1.15 bits per heavy atom. The molecule has 0 spiro atoms. The number of fused-ring (bicyclic) bond motifs is 1. The standard InChI is InChI=1S/C24H29ClN2/c1-7-11-27-23-12-16(2)19(13-20(23)17(3)14-24(27,5)6)15-26-22-10-8-9-21(25)18(22)4/h8-10,12-15H,7,11H2,1-6H3. The van der Waals surface area contributed by atoms with Gasteiger partial charge in [0.15, 0.2) is 0 Å². The second-order valence-corrected chi connectivity index (χ2v) is 8.41. The summed E-state index contributed by atoms with van der Waals surface area (Å²) >= 11 is 6.23. The summed E-state index contributed by atoms with van der Waals surface area (Å²) in [5.41, 5.74) is 8.32. The van der Waals surface area contributed by atoms with E-state index in [1.165, 1.54) is 22.4 Å². The molecular formula is C24H29ClN2. The number of rotatable bonds is 4. The SMILES string of the molecule is CCCN1c2cc(C)c(C=Nc3cccc(Cl)c3C)cc2C(C)=CC1(C)C.